The lowest BCUT2D eigenvalue weighted by Crippen LogP contribution is -2.50. The molecule has 7 nitrogen and oxygen atoms in total. The third kappa shape index (κ3) is 2.47. The summed E-state index contributed by atoms with van der Waals surface area (Å²) in [6.45, 7) is 4.36. The monoisotopic (exact) mass is 359 g/mol. The number of likely N-dealkylation sites (tertiary alicyclic amines) is 1. The van der Waals surface area contributed by atoms with Gasteiger partial charge in [0.25, 0.3) is 5.91 Å². The molecule has 4 fully saturated rings. The molecular weight excluding hydrogens is 334 g/mol. The van der Waals surface area contributed by atoms with E-state index in [1.807, 2.05) is 11.8 Å². The van der Waals surface area contributed by atoms with Gasteiger partial charge in [-0.3, -0.25) is 9.59 Å². The number of nitrogens with one attached hydrogen (secondary N) is 1. The van der Waals surface area contributed by atoms with Gasteiger partial charge in [-0.25, -0.2) is 0 Å². The van der Waals surface area contributed by atoms with E-state index in [2.05, 4.69) is 10.5 Å². The highest BCUT2D eigenvalue weighted by atomic mass is 16.5. The number of amides is 2. The second kappa shape index (κ2) is 5.55. The summed E-state index contributed by atoms with van der Waals surface area (Å²) in [5.74, 6) is 0.551. The van der Waals surface area contributed by atoms with Gasteiger partial charge in [-0.15, -0.1) is 0 Å². The molecule has 0 aromatic carbocycles. The number of carbonyl (C=O) groups is 2. The lowest BCUT2D eigenvalue weighted by Gasteiger charge is -2.38. The van der Waals surface area contributed by atoms with Crippen molar-refractivity contribution in [3.05, 3.63) is 17.5 Å². The minimum atomic E-state index is -0.132. The normalized spacial score (nSPS) is 30.6. The van der Waals surface area contributed by atoms with E-state index in [4.69, 9.17) is 9.26 Å². The molecule has 4 aliphatic rings. The van der Waals surface area contributed by atoms with E-state index in [0.29, 0.717) is 37.5 Å². The van der Waals surface area contributed by atoms with Crippen LogP contribution in [0.3, 0.4) is 0 Å². The standard InChI is InChI=1S/C19H25N3O4/c1-12-9-20-26-15(12)17(24)22-10-14(19(11-22)4-6-25-7-5-19)21-16(23)13-8-18(13)2-3-18/h9,13-14H,2-8,10-11H2,1H3,(H,21,23). The van der Waals surface area contributed by atoms with Gasteiger partial charge in [-0.05, 0) is 44.4 Å². The Kier molecular flexibility index (Phi) is 3.48. The molecule has 2 saturated heterocycles. The molecule has 2 saturated carbocycles. The van der Waals surface area contributed by atoms with Gasteiger partial charge < -0.3 is 19.5 Å². The van der Waals surface area contributed by atoms with E-state index < -0.39 is 0 Å². The molecule has 0 bridgehead atoms. The first kappa shape index (κ1) is 16.3. The quantitative estimate of drug-likeness (QED) is 0.884. The molecule has 7 heteroatoms. The van der Waals surface area contributed by atoms with E-state index in [1.165, 1.54) is 12.8 Å². The van der Waals surface area contributed by atoms with Crippen LogP contribution in [0, 0.1) is 23.7 Å². The van der Waals surface area contributed by atoms with E-state index in [9.17, 15) is 9.59 Å². The van der Waals surface area contributed by atoms with Gasteiger partial charge in [0, 0.05) is 43.2 Å². The summed E-state index contributed by atoms with van der Waals surface area (Å²) in [7, 11) is 0. The number of aromatic nitrogens is 1. The molecule has 5 rings (SSSR count). The maximum Gasteiger partial charge on any atom is 0.292 e. The highest BCUT2D eigenvalue weighted by Crippen LogP contribution is 2.70. The minimum absolute atomic E-state index is 0.0116. The van der Waals surface area contributed by atoms with Crippen molar-refractivity contribution in [3.8, 4) is 0 Å². The molecule has 2 unspecified atom stereocenters. The van der Waals surface area contributed by atoms with Crippen molar-refractivity contribution in [1.29, 1.82) is 0 Å². The molecule has 1 aromatic rings. The third-order valence-electron chi connectivity index (χ3n) is 7.08. The molecule has 1 aromatic heterocycles. The first-order chi connectivity index (χ1) is 12.5. The minimum Gasteiger partial charge on any atom is -0.381 e. The number of rotatable bonds is 3. The molecule has 2 aliphatic carbocycles. The zero-order valence-corrected chi connectivity index (χ0v) is 15.1. The van der Waals surface area contributed by atoms with E-state index >= 15 is 0 Å². The summed E-state index contributed by atoms with van der Waals surface area (Å²) in [6, 6.07) is -0.0116. The average molecular weight is 359 g/mol. The fraction of sp³-hybridized carbons (Fsp3) is 0.737. The Morgan fingerprint density at radius 1 is 1.23 bits per heavy atom. The maximum absolute atomic E-state index is 12.9. The van der Waals surface area contributed by atoms with Crippen LogP contribution in [0.25, 0.3) is 0 Å². The molecule has 2 spiro atoms. The van der Waals surface area contributed by atoms with Gasteiger partial charge in [0.05, 0.1) is 12.2 Å². The van der Waals surface area contributed by atoms with Crippen molar-refractivity contribution >= 4 is 11.8 Å². The van der Waals surface area contributed by atoms with Crippen LogP contribution >= 0.6 is 0 Å². The number of aryl methyl sites for hydroxylation is 1. The predicted molar refractivity (Wildman–Crippen MR) is 91.3 cm³/mol. The largest absolute Gasteiger partial charge is 0.381 e. The summed E-state index contributed by atoms with van der Waals surface area (Å²) < 4.78 is 10.7. The molecular formula is C19H25N3O4. The molecule has 0 radical (unpaired) electrons. The summed E-state index contributed by atoms with van der Waals surface area (Å²) in [4.78, 5) is 27.4. The molecule has 1 N–H and O–H groups in total. The molecule has 140 valence electrons. The van der Waals surface area contributed by atoms with Crippen molar-refractivity contribution in [3.63, 3.8) is 0 Å². The van der Waals surface area contributed by atoms with Gasteiger partial charge in [0.1, 0.15) is 0 Å². The average Bonchev–Trinajstić information content (AvgIpc) is 3.50. The lowest BCUT2D eigenvalue weighted by atomic mass is 9.76. The van der Waals surface area contributed by atoms with Gasteiger partial charge in [-0.2, -0.15) is 0 Å². The van der Waals surface area contributed by atoms with Crippen LogP contribution in [-0.2, 0) is 9.53 Å². The fourth-order valence-electron chi connectivity index (χ4n) is 4.95. The topological polar surface area (TPSA) is 84.7 Å². The predicted octanol–water partition coefficient (Wildman–Crippen LogP) is 1.52. The molecule has 2 atom stereocenters. The van der Waals surface area contributed by atoms with Crippen LogP contribution in [0.2, 0.25) is 0 Å². The van der Waals surface area contributed by atoms with Crippen LogP contribution < -0.4 is 5.32 Å². The number of ether oxygens (including phenoxy) is 1. The van der Waals surface area contributed by atoms with Crippen molar-refractivity contribution in [2.24, 2.45) is 16.7 Å². The Morgan fingerprint density at radius 3 is 2.62 bits per heavy atom. The number of hydrogen-bond donors (Lipinski definition) is 1. The summed E-state index contributed by atoms with van der Waals surface area (Å²) in [5, 5.41) is 7.03. The summed E-state index contributed by atoms with van der Waals surface area (Å²) >= 11 is 0. The Labute approximate surface area is 152 Å². The molecule has 26 heavy (non-hydrogen) atoms. The lowest BCUT2D eigenvalue weighted by molar-refractivity contribution is -0.124. The molecule has 2 amide bonds. The zero-order valence-electron chi connectivity index (χ0n) is 15.1. The number of carbonyl (C=O) groups excluding carboxylic acids is 2. The highest BCUT2D eigenvalue weighted by Gasteiger charge is 2.66. The smallest absolute Gasteiger partial charge is 0.292 e. The van der Waals surface area contributed by atoms with E-state index in [-0.39, 0.29) is 29.2 Å². The van der Waals surface area contributed by atoms with Crippen LogP contribution in [-0.4, -0.2) is 54.2 Å². The third-order valence-corrected chi connectivity index (χ3v) is 7.08. The highest BCUT2D eigenvalue weighted by molar-refractivity contribution is 5.93. The van der Waals surface area contributed by atoms with Crippen molar-refractivity contribution in [1.82, 2.24) is 15.4 Å². The Hall–Kier alpha value is -1.89. The van der Waals surface area contributed by atoms with Crippen molar-refractivity contribution in [2.75, 3.05) is 26.3 Å². The molecule has 2 aliphatic heterocycles. The van der Waals surface area contributed by atoms with Gasteiger partial charge in [0.15, 0.2) is 0 Å². The van der Waals surface area contributed by atoms with Gasteiger partial charge in [0.2, 0.25) is 11.7 Å². The van der Waals surface area contributed by atoms with Crippen LogP contribution in [0.5, 0.6) is 0 Å². The zero-order chi connectivity index (χ0) is 17.9. The number of hydrogen-bond acceptors (Lipinski definition) is 5. The van der Waals surface area contributed by atoms with Crippen molar-refractivity contribution in [2.45, 2.75) is 45.1 Å². The second-order valence-corrected chi connectivity index (χ2v) is 8.68. The number of nitrogens with zero attached hydrogens (tertiary/aromatic N) is 2. The fourth-order valence-corrected chi connectivity index (χ4v) is 4.95. The Morgan fingerprint density at radius 2 is 2.00 bits per heavy atom. The SMILES string of the molecule is Cc1cnoc1C(=O)N1CC(NC(=O)C2CC23CC3)C2(CCOCC2)C1. The maximum atomic E-state index is 12.9. The molecule has 3 heterocycles. The Balaban J connectivity index is 1.34. The second-order valence-electron chi connectivity index (χ2n) is 8.68. The van der Waals surface area contributed by atoms with Gasteiger partial charge in [-0.1, -0.05) is 5.16 Å². The first-order valence-electron chi connectivity index (χ1n) is 9.62. The van der Waals surface area contributed by atoms with Gasteiger partial charge >= 0.3 is 0 Å². The van der Waals surface area contributed by atoms with Crippen LogP contribution in [0.4, 0.5) is 0 Å². The van der Waals surface area contributed by atoms with Crippen molar-refractivity contribution < 1.29 is 18.8 Å². The van der Waals surface area contributed by atoms with E-state index in [1.54, 1.807) is 6.20 Å². The van der Waals surface area contributed by atoms with Crippen LogP contribution in [0.1, 0.15) is 48.2 Å². The first-order valence-corrected chi connectivity index (χ1v) is 9.62. The Bertz CT molecular complexity index is 748. The van der Waals surface area contributed by atoms with Crippen LogP contribution in [0.15, 0.2) is 10.7 Å². The van der Waals surface area contributed by atoms with E-state index in [0.717, 1.165) is 24.8 Å². The summed E-state index contributed by atoms with van der Waals surface area (Å²) in [5.41, 5.74) is 0.998. The summed E-state index contributed by atoms with van der Waals surface area (Å²) in [6.07, 6.45) is 6.74.